The molecular weight excluding hydrogens is 484 g/mol. The minimum atomic E-state index is -0.248. The number of ether oxygens (including phenoxy) is 2. The number of carbonyl (C=O) groups excluding carboxylic acids is 2. The summed E-state index contributed by atoms with van der Waals surface area (Å²) in [5, 5.41) is 5.39. The number of nitrogens with zero attached hydrogens (tertiary/aromatic N) is 2. The number of rotatable bonds is 6. The SMILES string of the molecule is COc1cc(/C=N\N2C(=O)[C@@H]3[C@@H](C2=O)[C@H]2C=C[C@H]3C23CC3)cc(Br)c1OCc1ccccc1. The first kappa shape index (κ1) is 20.7. The number of methoxy groups -OCH3 is 1. The van der Waals surface area contributed by atoms with Gasteiger partial charge in [-0.1, -0.05) is 42.5 Å². The van der Waals surface area contributed by atoms with E-state index >= 15 is 0 Å². The summed E-state index contributed by atoms with van der Waals surface area (Å²) in [5.74, 6) is 0.675. The van der Waals surface area contributed by atoms with E-state index in [1.165, 1.54) is 6.21 Å². The number of fused-ring (bicyclic) bond motifs is 3. The molecule has 2 aromatic carbocycles. The minimum Gasteiger partial charge on any atom is -0.493 e. The van der Waals surface area contributed by atoms with Crippen LogP contribution in [0.1, 0.15) is 24.0 Å². The molecule has 1 heterocycles. The number of hydrogen-bond donors (Lipinski definition) is 0. The summed E-state index contributed by atoms with van der Waals surface area (Å²) in [6.45, 7) is 0.403. The van der Waals surface area contributed by atoms with Gasteiger partial charge in [-0.2, -0.15) is 10.1 Å². The minimum absolute atomic E-state index is 0.168. The highest BCUT2D eigenvalue weighted by Gasteiger charge is 2.73. The molecule has 2 amide bonds. The number of amides is 2. The summed E-state index contributed by atoms with van der Waals surface area (Å²) in [6.07, 6.45) is 8.10. The predicted molar refractivity (Wildman–Crippen MR) is 126 cm³/mol. The van der Waals surface area contributed by atoms with Crippen LogP contribution in [0.2, 0.25) is 0 Å². The van der Waals surface area contributed by atoms with Gasteiger partial charge in [0.25, 0.3) is 11.8 Å². The Balaban J connectivity index is 1.21. The van der Waals surface area contributed by atoms with Crippen LogP contribution >= 0.6 is 15.9 Å². The highest BCUT2D eigenvalue weighted by atomic mass is 79.9. The van der Waals surface area contributed by atoms with E-state index in [9.17, 15) is 9.59 Å². The van der Waals surface area contributed by atoms with Gasteiger partial charge in [0.15, 0.2) is 11.5 Å². The number of benzene rings is 2. The average Bonchev–Trinajstić information content (AvgIpc) is 3.43. The molecule has 3 aliphatic carbocycles. The van der Waals surface area contributed by atoms with Gasteiger partial charge in [0.05, 0.1) is 29.6 Å². The second-order valence-corrected chi connectivity index (χ2v) is 10.1. The molecule has 1 aliphatic heterocycles. The van der Waals surface area contributed by atoms with Crippen molar-refractivity contribution in [2.75, 3.05) is 7.11 Å². The van der Waals surface area contributed by atoms with Crippen LogP contribution in [0.25, 0.3) is 0 Å². The molecule has 6 rings (SSSR count). The molecule has 0 aromatic heterocycles. The molecule has 4 atom stereocenters. The number of hydrazone groups is 1. The topological polar surface area (TPSA) is 68.2 Å². The fourth-order valence-corrected chi connectivity index (χ4v) is 6.56. The molecule has 2 saturated carbocycles. The third-order valence-corrected chi connectivity index (χ3v) is 8.22. The van der Waals surface area contributed by atoms with Crippen LogP contribution < -0.4 is 9.47 Å². The highest BCUT2D eigenvalue weighted by molar-refractivity contribution is 9.10. The van der Waals surface area contributed by atoms with E-state index in [0.717, 1.165) is 23.4 Å². The molecule has 7 heteroatoms. The van der Waals surface area contributed by atoms with Crippen molar-refractivity contribution in [1.82, 2.24) is 5.01 Å². The van der Waals surface area contributed by atoms with Gasteiger partial charge in [-0.25, -0.2) is 0 Å². The lowest BCUT2D eigenvalue weighted by molar-refractivity contribution is -0.141. The molecule has 4 aliphatic rings. The van der Waals surface area contributed by atoms with Crippen LogP contribution in [0.3, 0.4) is 0 Å². The van der Waals surface area contributed by atoms with Crippen molar-refractivity contribution in [3.05, 3.63) is 70.2 Å². The van der Waals surface area contributed by atoms with E-state index in [1.807, 2.05) is 36.4 Å². The van der Waals surface area contributed by atoms with E-state index in [-0.39, 0.29) is 40.9 Å². The van der Waals surface area contributed by atoms with Crippen LogP contribution in [-0.4, -0.2) is 30.1 Å². The third kappa shape index (κ3) is 3.09. The molecule has 0 unspecified atom stereocenters. The van der Waals surface area contributed by atoms with Gasteiger partial charge in [0.2, 0.25) is 0 Å². The first-order chi connectivity index (χ1) is 16.0. The van der Waals surface area contributed by atoms with Crippen molar-refractivity contribution in [2.24, 2.45) is 34.2 Å². The number of halogens is 1. The first-order valence-corrected chi connectivity index (χ1v) is 12.0. The molecule has 33 heavy (non-hydrogen) atoms. The Morgan fingerprint density at radius 3 is 2.36 bits per heavy atom. The highest BCUT2D eigenvalue weighted by Crippen LogP contribution is 2.73. The maximum Gasteiger partial charge on any atom is 0.254 e. The average molecular weight is 507 g/mol. The smallest absolute Gasteiger partial charge is 0.254 e. The molecule has 3 fully saturated rings. The van der Waals surface area contributed by atoms with Gasteiger partial charge in [0.1, 0.15) is 6.61 Å². The zero-order valence-corrected chi connectivity index (χ0v) is 19.7. The lowest BCUT2D eigenvalue weighted by Gasteiger charge is -2.18. The molecule has 2 aromatic rings. The third-order valence-electron chi connectivity index (χ3n) is 7.63. The monoisotopic (exact) mass is 506 g/mol. The van der Waals surface area contributed by atoms with E-state index in [4.69, 9.17) is 9.47 Å². The summed E-state index contributed by atoms with van der Waals surface area (Å²) < 4.78 is 12.2. The van der Waals surface area contributed by atoms with Crippen molar-refractivity contribution in [1.29, 1.82) is 0 Å². The molecule has 0 radical (unpaired) electrons. The van der Waals surface area contributed by atoms with E-state index in [0.29, 0.717) is 28.1 Å². The number of imide groups is 1. The molecular formula is C26H23BrN2O4. The van der Waals surface area contributed by atoms with Gasteiger partial charge >= 0.3 is 0 Å². The van der Waals surface area contributed by atoms with Crippen LogP contribution in [0.15, 0.2) is 64.2 Å². The maximum absolute atomic E-state index is 13.1. The number of carbonyl (C=O) groups is 2. The van der Waals surface area contributed by atoms with Gasteiger partial charge in [-0.05, 0) is 69.3 Å². The Hall–Kier alpha value is -2.93. The van der Waals surface area contributed by atoms with E-state index in [2.05, 4.69) is 33.2 Å². The van der Waals surface area contributed by atoms with Crippen LogP contribution in [0, 0.1) is 29.1 Å². The van der Waals surface area contributed by atoms with Gasteiger partial charge in [-0.3, -0.25) is 9.59 Å². The van der Waals surface area contributed by atoms with Crippen molar-refractivity contribution in [2.45, 2.75) is 19.4 Å². The fourth-order valence-electron chi connectivity index (χ4n) is 5.99. The molecule has 1 saturated heterocycles. The van der Waals surface area contributed by atoms with Crippen molar-refractivity contribution in [3.63, 3.8) is 0 Å². The number of allylic oxidation sites excluding steroid dienone is 2. The lowest BCUT2D eigenvalue weighted by Crippen LogP contribution is -2.30. The largest absolute Gasteiger partial charge is 0.493 e. The van der Waals surface area contributed by atoms with E-state index < -0.39 is 0 Å². The van der Waals surface area contributed by atoms with Gasteiger partial charge in [0, 0.05) is 0 Å². The zero-order chi connectivity index (χ0) is 22.7. The molecule has 1 spiro atoms. The Bertz CT molecular complexity index is 1170. The Labute approximate surface area is 200 Å². The standard InChI is InChI=1S/C26H23BrN2O4/c1-32-20-12-16(11-19(27)23(20)33-14-15-5-3-2-4-6-15)13-28-29-24(30)21-17-7-8-18(22(21)25(29)31)26(17)9-10-26/h2-8,11-13,17-18,21-22H,9-10,14H2,1H3/b28-13-/t17-,18-,21+,22+/m1/s1. The molecule has 6 nitrogen and oxygen atoms in total. The molecule has 2 bridgehead atoms. The van der Waals surface area contributed by atoms with Crippen LogP contribution in [0.5, 0.6) is 11.5 Å². The Kier molecular flexibility index (Phi) is 4.73. The number of hydrogen-bond acceptors (Lipinski definition) is 5. The second-order valence-electron chi connectivity index (χ2n) is 9.26. The van der Waals surface area contributed by atoms with Crippen LogP contribution in [0.4, 0.5) is 0 Å². The Morgan fingerprint density at radius 1 is 1.09 bits per heavy atom. The summed E-state index contributed by atoms with van der Waals surface area (Å²) in [6, 6.07) is 13.5. The maximum atomic E-state index is 13.1. The summed E-state index contributed by atoms with van der Waals surface area (Å²) in [4.78, 5) is 26.2. The van der Waals surface area contributed by atoms with Gasteiger partial charge < -0.3 is 9.47 Å². The van der Waals surface area contributed by atoms with Gasteiger partial charge in [-0.15, -0.1) is 0 Å². The van der Waals surface area contributed by atoms with Crippen molar-refractivity contribution in [3.8, 4) is 11.5 Å². The predicted octanol–water partition coefficient (Wildman–Crippen LogP) is 4.57. The summed E-state index contributed by atoms with van der Waals surface area (Å²) in [7, 11) is 1.57. The Morgan fingerprint density at radius 2 is 1.76 bits per heavy atom. The second kappa shape index (κ2) is 7.55. The zero-order valence-electron chi connectivity index (χ0n) is 18.1. The summed E-state index contributed by atoms with van der Waals surface area (Å²) >= 11 is 3.55. The lowest BCUT2D eigenvalue weighted by atomic mass is 9.85. The van der Waals surface area contributed by atoms with E-state index in [1.54, 1.807) is 13.2 Å². The molecule has 0 N–H and O–H groups in total. The van der Waals surface area contributed by atoms with Crippen molar-refractivity contribution < 1.29 is 19.1 Å². The normalized spacial score (nSPS) is 28.2. The quantitative estimate of drug-likeness (QED) is 0.327. The van der Waals surface area contributed by atoms with Crippen molar-refractivity contribution >= 4 is 34.0 Å². The fraction of sp³-hybridized carbons (Fsp3) is 0.346. The van der Waals surface area contributed by atoms with Crippen LogP contribution in [-0.2, 0) is 16.2 Å². The first-order valence-electron chi connectivity index (χ1n) is 11.2. The summed E-state index contributed by atoms with van der Waals surface area (Å²) in [5.41, 5.74) is 1.93. The molecule has 168 valence electrons.